The highest BCUT2D eigenvalue weighted by atomic mass is 32.2. The maximum atomic E-state index is 12.9. The number of thioether (sulfide) groups is 1. The van der Waals surface area contributed by atoms with Gasteiger partial charge >= 0.3 is 0 Å². The van der Waals surface area contributed by atoms with Crippen LogP contribution in [0, 0.1) is 5.95 Å². The van der Waals surface area contributed by atoms with Crippen molar-refractivity contribution < 1.29 is 4.39 Å². The summed E-state index contributed by atoms with van der Waals surface area (Å²) in [6.07, 6.45) is 8.29. The average Bonchev–Trinajstić information content (AvgIpc) is 2.30. The summed E-state index contributed by atoms with van der Waals surface area (Å²) in [6, 6.07) is 1.75. The van der Waals surface area contributed by atoms with E-state index < -0.39 is 5.95 Å². The Morgan fingerprint density at radius 3 is 2.94 bits per heavy atom. The second kappa shape index (κ2) is 5.48. The third kappa shape index (κ3) is 2.84. The van der Waals surface area contributed by atoms with Gasteiger partial charge in [-0.15, -0.1) is 0 Å². The van der Waals surface area contributed by atoms with Crippen molar-refractivity contribution in [3.8, 4) is 0 Å². The largest absolute Gasteiger partial charge is 0.366 e. The molecule has 1 fully saturated rings. The first-order chi connectivity index (χ1) is 7.79. The van der Waals surface area contributed by atoms with Gasteiger partial charge in [0.15, 0.2) is 0 Å². The van der Waals surface area contributed by atoms with Crippen LogP contribution in [-0.2, 0) is 0 Å². The number of nitrogens with zero attached hydrogens (tertiary/aromatic N) is 2. The van der Waals surface area contributed by atoms with Gasteiger partial charge in [-0.2, -0.15) is 16.2 Å². The molecule has 1 aliphatic carbocycles. The van der Waals surface area contributed by atoms with E-state index in [1.165, 1.54) is 31.7 Å². The molecule has 1 aliphatic rings. The summed E-state index contributed by atoms with van der Waals surface area (Å²) in [6.45, 7) is 0. The molecule has 1 N–H and O–H groups in total. The molecule has 0 bridgehead atoms. The molecule has 1 saturated carbocycles. The zero-order valence-corrected chi connectivity index (χ0v) is 10.1. The molecule has 2 unspecified atom stereocenters. The predicted octanol–water partition coefficient (Wildman–Crippen LogP) is 2.70. The Hall–Kier alpha value is -0.840. The van der Waals surface area contributed by atoms with Crippen LogP contribution in [0.1, 0.15) is 25.7 Å². The quantitative estimate of drug-likeness (QED) is 0.826. The summed E-state index contributed by atoms with van der Waals surface area (Å²) in [5.74, 6) is 0.118. The van der Waals surface area contributed by atoms with Crippen LogP contribution in [0.4, 0.5) is 10.2 Å². The lowest BCUT2D eigenvalue weighted by Crippen LogP contribution is -2.34. The Kier molecular flexibility index (Phi) is 3.98. The smallest absolute Gasteiger partial charge is 0.217 e. The van der Waals surface area contributed by atoms with Crippen molar-refractivity contribution in [3.05, 3.63) is 18.3 Å². The Morgan fingerprint density at radius 1 is 1.38 bits per heavy atom. The number of aromatic nitrogens is 2. The normalized spacial score (nSPS) is 25.4. The van der Waals surface area contributed by atoms with Crippen LogP contribution < -0.4 is 5.32 Å². The first-order valence-electron chi connectivity index (χ1n) is 5.56. The van der Waals surface area contributed by atoms with Crippen molar-refractivity contribution in [2.75, 3.05) is 11.6 Å². The van der Waals surface area contributed by atoms with E-state index in [1.807, 2.05) is 11.8 Å². The number of nitrogens with one attached hydrogen (secondary N) is 1. The Balaban J connectivity index is 2.02. The highest BCUT2D eigenvalue weighted by Gasteiger charge is 2.24. The fourth-order valence-corrected chi connectivity index (χ4v) is 3.08. The van der Waals surface area contributed by atoms with Crippen LogP contribution in [0.15, 0.2) is 12.4 Å². The topological polar surface area (TPSA) is 37.8 Å². The predicted molar refractivity (Wildman–Crippen MR) is 65.2 cm³/mol. The maximum absolute atomic E-state index is 12.9. The molecule has 0 aromatic carbocycles. The minimum Gasteiger partial charge on any atom is -0.366 e. The second-order valence-electron chi connectivity index (χ2n) is 4.04. The molecule has 0 saturated heterocycles. The van der Waals surface area contributed by atoms with E-state index in [0.717, 1.165) is 6.42 Å². The molecule has 88 valence electrons. The van der Waals surface area contributed by atoms with Gasteiger partial charge in [0.1, 0.15) is 12.1 Å². The summed E-state index contributed by atoms with van der Waals surface area (Å²) in [7, 11) is 0. The first kappa shape index (κ1) is 11.6. The van der Waals surface area contributed by atoms with E-state index in [2.05, 4.69) is 21.5 Å². The van der Waals surface area contributed by atoms with Gasteiger partial charge < -0.3 is 5.32 Å². The van der Waals surface area contributed by atoms with E-state index in [-0.39, 0.29) is 0 Å². The van der Waals surface area contributed by atoms with Crippen LogP contribution in [-0.4, -0.2) is 27.5 Å². The Morgan fingerprint density at radius 2 is 2.19 bits per heavy atom. The second-order valence-corrected chi connectivity index (χ2v) is 5.11. The van der Waals surface area contributed by atoms with E-state index in [1.54, 1.807) is 0 Å². The molecular weight excluding hydrogens is 225 g/mol. The summed E-state index contributed by atoms with van der Waals surface area (Å²) in [5, 5.41) is 3.91. The third-order valence-corrected chi connectivity index (χ3v) is 4.14. The molecule has 2 atom stereocenters. The SMILES string of the molecule is CSC1CCCCC1Nc1cc(F)ncn1. The van der Waals surface area contributed by atoms with E-state index in [9.17, 15) is 4.39 Å². The molecule has 2 rings (SSSR count). The van der Waals surface area contributed by atoms with Crippen molar-refractivity contribution in [1.82, 2.24) is 9.97 Å². The van der Waals surface area contributed by atoms with Gasteiger partial charge in [-0.3, -0.25) is 0 Å². The summed E-state index contributed by atoms with van der Waals surface area (Å²) >= 11 is 1.88. The molecule has 0 amide bonds. The molecule has 0 radical (unpaired) electrons. The van der Waals surface area contributed by atoms with Crippen LogP contribution in [0.2, 0.25) is 0 Å². The average molecular weight is 241 g/mol. The zero-order valence-electron chi connectivity index (χ0n) is 9.32. The minimum absolute atomic E-state index is 0.401. The molecule has 0 spiro atoms. The van der Waals surface area contributed by atoms with Gasteiger partial charge in [0.2, 0.25) is 5.95 Å². The third-order valence-electron chi connectivity index (χ3n) is 2.97. The van der Waals surface area contributed by atoms with Gasteiger partial charge in [-0.1, -0.05) is 12.8 Å². The number of halogens is 1. The summed E-state index contributed by atoms with van der Waals surface area (Å²) < 4.78 is 12.9. The van der Waals surface area contributed by atoms with E-state index in [4.69, 9.17) is 0 Å². The number of hydrogen-bond donors (Lipinski definition) is 1. The van der Waals surface area contributed by atoms with Crippen molar-refractivity contribution in [3.63, 3.8) is 0 Å². The lowest BCUT2D eigenvalue weighted by molar-refractivity contribution is 0.473. The lowest BCUT2D eigenvalue weighted by Gasteiger charge is -2.31. The molecule has 1 aromatic heterocycles. The minimum atomic E-state index is -0.478. The maximum Gasteiger partial charge on any atom is 0.217 e. The number of hydrogen-bond acceptors (Lipinski definition) is 4. The fourth-order valence-electron chi connectivity index (χ4n) is 2.15. The van der Waals surface area contributed by atoms with Crippen molar-refractivity contribution in [1.29, 1.82) is 0 Å². The Bertz CT molecular complexity index is 348. The van der Waals surface area contributed by atoms with Crippen LogP contribution in [0.25, 0.3) is 0 Å². The van der Waals surface area contributed by atoms with Gasteiger partial charge in [0.25, 0.3) is 0 Å². The molecular formula is C11H16FN3S. The number of anilines is 1. The first-order valence-corrected chi connectivity index (χ1v) is 6.85. The van der Waals surface area contributed by atoms with E-state index >= 15 is 0 Å². The van der Waals surface area contributed by atoms with Gasteiger partial charge in [0, 0.05) is 17.4 Å². The molecule has 0 aliphatic heterocycles. The van der Waals surface area contributed by atoms with Crippen molar-refractivity contribution in [2.24, 2.45) is 0 Å². The molecule has 5 heteroatoms. The summed E-state index contributed by atoms with van der Waals surface area (Å²) in [5.41, 5.74) is 0. The van der Waals surface area contributed by atoms with Crippen LogP contribution >= 0.6 is 11.8 Å². The van der Waals surface area contributed by atoms with Crippen molar-refractivity contribution >= 4 is 17.6 Å². The van der Waals surface area contributed by atoms with Crippen LogP contribution in [0.5, 0.6) is 0 Å². The highest BCUT2D eigenvalue weighted by Crippen LogP contribution is 2.29. The zero-order chi connectivity index (χ0) is 11.4. The van der Waals surface area contributed by atoms with E-state index in [0.29, 0.717) is 17.1 Å². The Labute approximate surface area is 99.3 Å². The molecule has 1 aromatic rings. The van der Waals surface area contributed by atoms with Gasteiger partial charge in [-0.05, 0) is 19.1 Å². The highest BCUT2D eigenvalue weighted by molar-refractivity contribution is 7.99. The van der Waals surface area contributed by atoms with Gasteiger partial charge in [0.05, 0.1) is 0 Å². The summed E-state index contributed by atoms with van der Waals surface area (Å²) in [4.78, 5) is 7.48. The van der Waals surface area contributed by atoms with Crippen LogP contribution in [0.3, 0.4) is 0 Å². The lowest BCUT2D eigenvalue weighted by atomic mass is 9.95. The molecule has 3 nitrogen and oxygen atoms in total. The number of rotatable bonds is 3. The van der Waals surface area contributed by atoms with Crippen molar-refractivity contribution in [2.45, 2.75) is 37.0 Å². The van der Waals surface area contributed by atoms with Gasteiger partial charge in [-0.25, -0.2) is 9.97 Å². The fraction of sp³-hybridized carbons (Fsp3) is 0.636. The molecule has 1 heterocycles. The molecule has 16 heavy (non-hydrogen) atoms. The standard InChI is InChI=1S/C11H16FN3S/c1-16-9-5-3-2-4-8(9)15-11-6-10(12)13-7-14-11/h6-9H,2-5H2,1H3,(H,13,14,15). The monoisotopic (exact) mass is 241 g/mol.